The molecule has 17 nitrogen and oxygen atoms in total. The highest BCUT2D eigenvalue weighted by atomic mass is 19.4. The van der Waals surface area contributed by atoms with Gasteiger partial charge < -0.3 is 49.1 Å². The molecule has 2 amide bonds. The first-order chi connectivity index (χ1) is 35.8. The zero-order valence-corrected chi connectivity index (χ0v) is 47.5. The summed E-state index contributed by atoms with van der Waals surface area (Å²) in [4.78, 5) is 86.9. The maximum Gasteiger partial charge on any atom is 0.490 e. The van der Waals surface area contributed by atoms with Gasteiger partial charge in [0, 0.05) is 66.7 Å². The number of carboxylic acids is 1. The summed E-state index contributed by atoms with van der Waals surface area (Å²) in [6, 6.07) is 7.33. The van der Waals surface area contributed by atoms with Crippen LogP contribution in [-0.4, -0.2) is 121 Å². The van der Waals surface area contributed by atoms with Crippen LogP contribution in [0.1, 0.15) is 174 Å². The lowest BCUT2D eigenvalue weighted by molar-refractivity contribution is -0.192. The van der Waals surface area contributed by atoms with Gasteiger partial charge in [0.05, 0.1) is 19.6 Å². The monoisotopic (exact) mass is 1070 g/mol. The first kappa shape index (κ1) is 67.1. The van der Waals surface area contributed by atoms with Crippen molar-refractivity contribution in [2.75, 3.05) is 40.4 Å². The molecule has 2 aliphatic rings. The quantitative estimate of drug-likeness (QED) is 0.0960. The van der Waals surface area contributed by atoms with Crippen molar-refractivity contribution in [3.63, 3.8) is 0 Å². The number of rotatable bonds is 15. The predicted molar refractivity (Wildman–Crippen MR) is 281 cm³/mol. The van der Waals surface area contributed by atoms with E-state index >= 15 is 0 Å². The topological polar surface area (TPSA) is 228 Å². The van der Waals surface area contributed by atoms with Gasteiger partial charge >= 0.3 is 36.3 Å². The Kier molecular flexibility index (Phi) is 29.7. The molecule has 428 valence electrons. The summed E-state index contributed by atoms with van der Waals surface area (Å²) in [6.07, 6.45) is -3.60. The van der Waals surface area contributed by atoms with E-state index in [0.717, 1.165) is 47.9 Å². The van der Waals surface area contributed by atoms with Crippen molar-refractivity contribution >= 4 is 41.7 Å². The van der Waals surface area contributed by atoms with Crippen LogP contribution >= 0.6 is 0 Å². The summed E-state index contributed by atoms with van der Waals surface area (Å²) in [5.74, 6) is -2.27. The van der Waals surface area contributed by atoms with Crippen LogP contribution in [0.3, 0.4) is 0 Å². The number of amides is 2. The van der Waals surface area contributed by atoms with Crippen molar-refractivity contribution < 1.29 is 83.0 Å². The molecule has 0 saturated carbocycles. The molecular formula is C55H88F3N3O14. The lowest BCUT2D eigenvalue weighted by Gasteiger charge is -2.32. The molecule has 0 spiro atoms. The molecule has 0 bridgehead atoms. The third kappa shape index (κ3) is 24.1. The molecule has 20 heteroatoms. The number of Topliss-reactive ketones (excluding diaryl/α,β-unsaturated/α-hetero) is 2. The lowest BCUT2D eigenvalue weighted by Crippen LogP contribution is -2.46. The second kappa shape index (κ2) is 33.2. The highest BCUT2D eigenvalue weighted by Gasteiger charge is 2.38. The summed E-state index contributed by atoms with van der Waals surface area (Å²) in [6.45, 7) is 27.6. The molecule has 4 rings (SSSR count). The molecule has 2 fully saturated rings. The average Bonchev–Trinajstić information content (AvgIpc) is 3.36. The van der Waals surface area contributed by atoms with Gasteiger partial charge in [0.25, 0.3) is 0 Å². The number of alkyl halides is 3. The van der Waals surface area contributed by atoms with Crippen molar-refractivity contribution in [1.29, 1.82) is 0 Å². The van der Waals surface area contributed by atoms with Gasteiger partial charge in [-0.2, -0.15) is 13.2 Å². The van der Waals surface area contributed by atoms with E-state index in [1.807, 2.05) is 60.6 Å². The maximum absolute atomic E-state index is 12.9. The molecule has 2 aromatic rings. The van der Waals surface area contributed by atoms with Crippen LogP contribution in [-0.2, 0) is 33.3 Å². The number of aliphatic carboxylic acids is 1. The maximum atomic E-state index is 12.9. The third-order valence-corrected chi connectivity index (χ3v) is 12.1. The number of methoxy groups -OCH3 is 2. The molecule has 3 N–H and O–H groups in total. The Morgan fingerprint density at radius 3 is 1.35 bits per heavy atom. The minimum absolute atomic E-state index is 0.0223. The number of nitrogens with two attached hydrogens (primary N) is 1. The van der Waals surface area contributed by atoms with Crippen molar-refractivity contribution in [1.82, 2.24) is 9.80 Å². The molecule has 2 aliphatic heterocycles. The van der Waals surface area contributed by atoms with Gasteiger partial charge in [-0.05, 0) is 146 Å². The number of carboxylic acid groups (broad SMARTS) is 1. The summed E-state index contributed by atoms with van der Waals surface area (Å²) in [7, 11) is 4.44. The van der Waals surface area contributed by atoms with Gasteiger partial charge in [0.15, 0.2) is 11.6 Å². The summed E-state index contributed by atoms with van der Waals surface area (Å²) in [5, 5.41) is 7.12. The largest absolute Gasteiger partial charge is 0.496 e. The average molecular weight is 1080 g/mol. The van der Waals surface area contributed by atoms with Crippen LogP contribution in [0.5, 0.6) is 11.5 Å². The second-order valence-corrected chi connectivity index (χ2v) is 18.9. The molecule has 75 heavy (non-hydrogen) atoms. The zero-order chi connectivity index (χ0) is 60.2. The standard InChI is InChI=1S/C25H37NO6.C23H34N2O6.C2HF3O2.2C2H6.CH4/c1-8-25(5,6)23(28)31-18(4)32-24(29)26-11-9-10-19(15-26)13-21(27)20-12-16(2)17(3)22(14-20)30-7;1-14-10-18(12-20(29-6)15(14)2)19(26)11-17-8-7-9-25(13-17)22(28)31-16(3)30-21(27)23(4,5)24;3-2(4,5)1(6)7;2*1-2;/h12,14,18-19H,8-11,13,15H2,1-7H3;10,12,16-17H,7-9,11,13,24H2,1-6H3;(H,6,7);2*1-2H3;1H4/i;;;1D;;1T. The Morgan fingerprint density at radius 1 is 0.720 bits per heavy atom. The van der Waals surface area contributed by atoms with Crippen molar-refractivity contribution in [3.8, 4) is 11.5 Å². The number of hydrogen-bond donors (Lipinski definition) is 2. The second-order valence-electron chi connectivity index (χ2n) is 18.9. The number of piperidine rings is 2. The van der Waals surface area contributed by atoms with Crippen LogP contribution in [0.4, 0.5) is 22.8 Å². The van der Waals surface area contributed by atoms with E-state index in [1.54, 1.807) is 63.8 Å². The molecule has 4 unspecified atom stereocenters. The first-order valence-electron chi connectivity index (χ1n) is 26.5. The molecule has 2 saturated heterocycles. The first-order valence-corrected chi connectivity index (χ1v) is 24.8. The smallest absolute Gasteiger partial charge is 0.490 e. The van der Waals surface area contributed by atoms with Crippen LogP contribution in [0.25, 0.3) is 0 Å². The number of halogens is 3. The van der Waals surface area contributed by atoms with Gasteiger partial charge in [-0.1, -0.05) is 42.0 Å². The molecule has 2 heterocycles. The summed E-state index contributed by atoms with van der Waals surface area (Å²) >= 11 is 0. The van der Waals surface area contributed by atoms with Gasteiger partial charge in [0.1, 0.15) is 17.0 Å². The zero-order valence-electron chi connectivity index (χ0n) is 49.5. The number of esters is 2. The van der Waals surface area contributed by atoms with Crippen molar-refractivity contribution in [3.05, 3.63) is 57.6 Å². The number of aryl methyl sites for hydroxylation is 2. The van der Waals surface area contributed by atoms with Gasteiger partial charge in [-0.25, -0.2) is 19.2 Å². The number of carbonyl (C=O) groups excluding carboxylic acids is 6. The highest BCUT2D eigenvalue weighted by molar-refractivity contribution is 5.97. The van der Waals surface area contributed by atoms with Gasteiger partial charge in [0.2, 0.25) is 12.6 Å². The number of hydrogen-bond acceptors (Lipinski definition) is 14. The van der Waals surface area contributed by atoms with E-state index < -0.39 is 59.8 Å². The van der Waals surface area contributed by atoms with Crippen LogP contribution in [0, 0.1) is 44.9 Å². The Labute approximate surface area is 446 Å². The van der Waals surface area contributed by atoms with Crippen LogP contribution in [0.15, 0.2) is 24.3 Å². The normalized spacial score (nSPS) is 16.2. The van der Waals surface area contributed by atoms with Gasteiger partial charge in [-0.15, -0.1) is 0 Å². The Bertz CT molecular complexity index is 2200. The number of likely N-dealkylation sites (tertiary alicyclic amines) is 2. The molecule has 0 aliphatic carbocycles. The van der Waals surface area contributed by atoms with Crippen molar-refractivity contribution in [2.24, 2.45) is 23.0 Å². The Balaban J connectivity index is 0. The third-order valence-electron chi connectivity index (χ3n) is 12.1. The minimum atomic E-state index is -5.08. The summed E-state index contributed by atoms with van der Waals surface area (Å²) < 4.78 is 75.4. The van der Waals surface area contributed by atoms with Crippen LogP contribution in [0.2, 0.25) is 0 Å². The Morgan fingerprint density at radius 2 is 1.05 bits per heavy atom. The van der Waals surface area contributed by atoms with E-state index in [9.17, 15) is 41.9 Å². The number of benzene rings is 2. The molecule has 0 radical (unpaired) electrons. The number of ketones is 2. The fourth-order valence-electron chi connectivity index (χ4n) is 7.19. The van der Waals surface area contributed by atoms with E-state index in [1.165, 1.54) is 28.2 Å². The van der Waals surface area contributed by atoms with Crippen LogP contribution < -0.4 is 15.2 Å². The number of nitrogens with zero attached hydrogens (tertiary/aromatic N) is 2. The fraction of sp³-hybridized carbons (Fsp3) is 0.655. The SMILES string of the molecule is CC.CCC(C)(C)C(=O)OC(C)OC(=O)N1CCCC(CC(=O)c2cc(C)c(C)c(OC)c2)C1.COc1cc(C(=O)CC2CCCN(C(=O)OC(C)OC(=O)C(C)(C)N)C2)cc(C)c1C.O=C(O)C(F)(F)F.[2H]CC.[3H]C. The molecular weight excluding hydrogens is 984 g/mol. The van der Waals surface area contributed by atoms with Crippen molar-refractivity contribution in [2.45, 2.75) is 180 Å². The van der Waals surface area contributed by atoms with Gasteiger partial charge in [-0.3, -0.25) is 14.4 Å². The lowest BCUT2D eigenvalue weighted by atomic mass is 9.90. The molecule has 0 aromatic heterocycles. The number of ether oxygens (including phenoxy) is 6. The molecule has 4 atom stereocenters. The van der Waals surface area contributed by atoms with E-state index in [0.29, 0.717) is 75.0 Å². The van der Waals surface area contributed by atoms with E-state index in [2.05, 4.69) is 0 Å². The molecule has 2 aromatic carbocycles. The highest BCUT2D eigenvalue weighted by Crippen LogP contribution is 2.30. The number of carbonyl (C=O) groups is 7. The minimum Gasteiger partial charge on any atom is -0.496 e. The summed E-state index contributed by atoms with van der Waals surface area (Å²) in [5.41, 5.74) is 9.17. The predicted octanol–water partition coefficient (Wildman–Crippen LogP) is 11.7. The Hall–Kier alpha value is -5.92. The fourth-order valence-corrected chi connectivity index (χ4v) is 7.19. The van der Waals surface area contributed by atoms with E-state index in [4.69, 9.17) is 46.8 Å². The van der Waals surface area contributed by atoms with E-state index in [-0.39, 0.29) is 23.4 Å².